The molecule has 176 valence electrons. The third-order valence-corrected chi connectivity index (χ3v) is 22.8. The molecule has 0 saturated heterocycles. The molecule has 0 radical (unpaired) electrons. The monoisotopic (exact) mass is 485 g/mol. The van der Waals surface area contributed by atoms with Crippen molar-refractivity contribution >= 4 is 12.3 Å². The van der Waals surface area contributed by atoms with Crippen LogP contribution in [0.25, 0.3) is 6.08 Å². The van der Waals surface area contributed by atoms with E-state index in [4.69, 9.17) is 0 Å². The van der Waals surface area contributed by atoms with Gasteiger partial charge in [-0.15, -0.1) is 0 Å². The minimum absolute atomic E-state index is 0.349. The zero-order chi connectivity index (χ0) is 22.5. The molecule has 0 aliphatic heterocycles. The van der Waals surface area contributed by atoms with E-state index in [0.717, 1.165) is 15.8 Å². The third kappa shape index (κ3) is 6.09. The van der Waals surface area contributed by atoms with Crippen molar-refractivity contribution in [2.45, 2.75) is 133 Å². The summed E-state index contributed by atoms with van der Waals surface area (Å²) in [6, 6.07) is 6.03. The van der Waals surface area contributed by atoms with Crippen molar-refractivity contribution in [3.8, 4) is 0 Å². The summed E-state index contributed by atoms with van der Waals surface area (Å²) in [6.07, 6.45) is 22.2. The molecule has 1 aromatic carbocycles. The van der Waals surface area contributed by atoms with Crippen molar-refractivity contribution < 1.29 is 16.9 Å². The molecule has 0 amide bonds. The molecule has 3 aliphatic rings. The molecule has 0 heterocycles. The van der Waals surface area contributed by atoms with Gasteiger partial charge < -0.3 is 0 Å². The molecule has 1 aromatic rings. The number of fused-ring (bicyclic) bond motifs is 2. The second-order valence-corrected chi connectivity index (χ2v) is 22.4. The second kappa shape index (κ2) is 12.0. The van der Waals surface area contributed by atoms with Crippen LogP contribution in [0, 0.1) is 0 Å². The molecule has 1 unspecified atom stereocenters. The molecule has 0 bridgehead atoms. The van der Waals surface area contributed by atoms with Crippen LogP contribution in [0.4, 0.5) is 0 Å². The van der Waals surface area contributed by atoms with Gasteiger partial charge in [-0.3, -0.25) is 0 Å². The Bertz CT molecular complexity index is 841. The van der Waals surface area contributed by atoms with Crippen LogP contribution in [0.3, 0.4) is 0 Å². The number of hydrogen-bond acceptors (Lipinski definition) is 1. The molecule has 32 heavy (non-hydrogen) atoms. The Labute approximate surface area is 205 Å². The van der Waals surface area contributed by atoms with Gasteiger partial charge >= 0.3 is 206 Å². The SMILES string of the molecule is CC1=Cc2cc3c(cc2[CH]1[Ti]([NH]C1CCCCCCCCCCC1)=[Si](C)C(C)C)CCC3. The average Bonchev–Trinajstić information content (AvgIpc) is 3.33. The topological polar surface area (TPSA) is 12.0 Å². The summed E-state index contributed by atoms with van der Waals surface area (Å²) in [5, 5.41) is 0. The van der Waals surface area contributed by atoms with Crippen LogP contribution in [0.15, 0.2) is 17.7 Å². The first-order valence-corrected chi connectivity index (χ1v) is 20.0. The number of hydrogen-bond donors (Lipinski definition) is 1. The molecule has 3 heteroatoms. The maximum absolute atomic E-state index is 4.54. The number of nitrogens with one attached hydrogen (secondary N) is 1. The first-order valence-electron chi connectivity index (χ1n) is 13.9. The van der Waals surface area contributed by atoms with Crippen molar-refractivity contribution in [1.29, 1.82) is 0 Å². The second-order valence-electron chi connectivity index (χ2n) is 11.3. The van der Waals surface area contributed by atoms with Crippen molar-refractivity contribution in [2.24, 2.45) is 0 Å². The van der Waals surface area contributed by atoms with Gasteiger partial charge in [0.1, 0.15) is 0 Å². The minimum atomic E-state index is -1.49. The summed E-state index contributed by atoms with van der Waals surface area (Å²) in [5.41, 5.74) is 9.19. The summed E-state index contributed by atoms with van der Waals surface area (Å²) >= 11 is -1.49. The summed E-state index contributed by atoms with van der Waals surface area (Å²) in [4.78, 5) is 0. The molecular weight excluding hydrogens is 438 g/mol. The van der Waals surface area contributed by atoms with Crippen molar-refractivity contribution in [3.05, 3.63) is 40.0 Å². The Morgan fingerprint density at radius 2 is 1.41 bits per heavy atom. The van der Waals surface area contributed by atoms with E-state index in [0.29, 0.717) is 0 Å². The number of aryl methyl sites for hydroxylation is 2. The fourth-order valence-electron chi connectivity index (χ4n) is 6.26. The van der Waals surface area contributed by atoms with E-state index >= 15 is 0 Å². The normalized spacial score (nSPS) is 23.8. The number of rotatable bonds is 4. The van der Waals surface area contributed by atoms with Gasteiger partial charge in [0.25, 0.3) is 0 Å². The van der Waals surface area contributed by atoms with Crippen LogP contribution in [0.2, 0.25) is 12.1 Å². The molecule has 1 nitrogen and oxygen atoms in total. The number of allylic oxidation sites excluding steroid dienone is 1. The molecule has 1 atom stereocenters. The summed E-state index contributed by atoms with van der Waals surface area (Å²) < 4.78 is 5.30. The maximum atomic E-state index is 4.54. The van der Waals surface area contributed by atoms with Gasteiger partial charge in [0, 0.05) is 0 Å². The van der Waals surface area contributed by atoms with Gasteiger partial charge in [-0.05, 0) is 0 Å². The van der Waals surface area contributed by atoms with Gasteiger partial charge in [-0.1, -0.05) is 0 Å². The third-order valence-electron chi connectivity index (χ3n) is 8.49. The molecule has 4 rings (SSSR count). The van der Waals surface area contributed by atoms with Crippen LogP contribution in [0.5, 0.6) is 0 Å². The quantitative estimate of drug-likeness (QED) is 0.422. The predicted molar refractivity (Wildman–Crippen MR) is 139 cm³/mol. The van der Waals surface area contributed by atoms with Gasteiger partial charge in [-0.25, -0.2) is 0 Å². The summed E-state index contributed by atoms with van der Waals surface area (Å²) in [5.74, 6) is 0. The molecule has 1 fully saturated rings. The Morgan fingerprint density at radius 1 is 0.844 bits per heavy atom. The Kier molecular flexibility index (Phi) is 9.36. The standard InChI is InChI=1S/C13H13.C12H24N.C4H10Si.Ti/c1-9-5-12-7-10-3-2-4-11(10)8-13(12)6-9;13-12-10-8-6-4-2-1-3-5-7-9-11-12;1-4(2)5-3;/h5-8H,2-4H2,1H3;12-13H,1-11H2;4H,1-3H3;/q;-1;;+1. The van der Waals surface area contributed by atoms with Gasteiger partial charge in [0.05, 0.1) is 0 Å². The average molecular weight is 486 g/mol. The Balaban J connectivity index is 1.59. The zero-order valence-corrected chi connectivity index (χ0v) is 23.9. The Morgan fingerprint density at radius 3 is 2.00 bits per heavy atom. The van der Waals surface area contributed by atoms with E-state index in [1.165, 1.54) is 89.9 Å². The first kappa shape index (κ1) is 25.0. The molecule has 3 aliphatic carbocycles. The van der Waals surface area contributed by atoms with E-state index in [2.05, 4.69) is 49.3 Å². The molecule has 0 aromatic heterocycles. The van der Waals surface area contributed by atoms with E-state index in [-0.39, 0.29) is 6.19 Å². The van der Waals surface area contributed by atoms with Crippen LogP contribution >= 0.6 is 0 Å². The van der Waals surface area contributed by atoms with Crippen LogP contribution < -0.4 is 3.80 Å². The molecule has 1 saturated carbocycles. The van der Waals surface area contributed by atoms with Crippen LogP contribution in [0.1, 0.15) is 124 Å². The van der Waals surface area contributed by atoms with E-state index < -0.39 is 16.9 Å². The zero-order valence-electron chi connectivity index (χ0n) is 21.4. The van der Waals surface area contributed by atoms with E-state index in [1.807, 2.05) is 0 Å². The van der Waals surface area contributed by atoms with Crippen molar-refractivity contribution in [1.82, 2.24) is 3.80 Å². The molecule has 0 spiro atoms. The van der Waals surface area contributed by atoms with Gasteiger partial charge in [0.15, 0.2) is 0 Å². The first-order chi connectivity index (χ1) is 15.5. The van der Waals surface area contributed by atoms with Crippen LogP contribution in [-0.4, -0.2) is 12.2 Å². The Hall–Kier alpha value is -0.149. The molecular formula is C29H47NSiTi. The van der Waals surface area contributed by atoms with Gasteiger partial charge in [0.2, 0.25) is 0 Å². The van der Waals surface area contributed by atoms with Crippen molar-refractivity contribution in [3.63, 3.8) is 0 Å². The van der Waals surface area contributed by atoms with E-state index in [9.17, 15) is 0 Å². The fraction of sp³-hybridized carbons (Fsp3) is 0.724. The van der Waals surface area contributed by atoms with E-state index in [1.54, 1.807) is 27.8 Å². The van der Waals surface area contributed by atoms with Crippen LogP contribution in [-0.2, 0) is 29.7 Å². The molecule has 1 N–H and O–H groups in total. The van der Waals surface area contributed by atoms with Crippen molar-refractivity contribution in [2.75, 3.05) is 0 Å². The number of benzene rings is 1. The summed E-state index contributed by atoms with van der Waals surface area (Å²) in [6.45, 7) is 10.2. The fourth-order valence-corrected chi connectivity index (χ4v) is 19.2. The predicted octanol–water partition coefficient (Wildman–Crippen LogP) is 8.46. The summed E-state index contributed by atoms with van der Waals surface area (Å²) in [7, 11) is 0. The van der Waals surface area contributed by atoms with Gasteiger partial charge in [-0.2, -0.15) is 0 Å².